The lowest BCUT2D eigenvalue weighted by molar-refractivity contribution is -0.141. The van der Waals surface area contributed by atoms with Crippen molar-refractivity contribution in [2.24, 2.45) is 0 Å². The molecule has 1 aliphatic rings. The van der Waals surface area contributed by atoms with Gasteiger partial charge >= 0.3 is 13.1 Å². The minimum atomic E-state index is -0.290. The summed E-state index contributed by atoms with van der Waals surface area (Å²) in [4.78, 5) is 10.6. The van der Waals surface area contributed by atoms with E-state index < -0.39 is 0 Å². The average molecular weight is 282 g/mol. The van der Waals surface area contributed by atoms with Crippen molar-refractivity contribution in [3.8, 4) is 0 Å². The first-order valence-corrected chi connectivity index (χ1v) is 7.31. The fourth-order valence-corrected chi connectivity index (χ4v) is 1.92. The molecule has 0 unspecified atom stereocenters. The molecule has 0 amide bonds. The third kappa shape index (κ3) is 4.63. The Labute approximate surface area is 123 Å². The smallest absolute Gasteiger partial charge is 0.466 e. The summed E-state index contributed by atoms with van der Waals surface area (Å²) in [5, 5.41) is 0. The van der Waals surface area contributed by atoms with Crippen LogP contribution in [0, 0.1) is 0 Å². The first-order chi connectivity index (χ1) is 9.16. The summed E-state index contributed by atoms with van der Waals surface area (Å²) in [6, 6.07) is 0. The van der Waals surface area contributed by atoms with E-state index in [2.05, 4.69) is 33.8 Å². The molecule has 0 aromatic carbocycles. The van der Waals surface area contributed by atoms with Gasteiger partial charge in [-0.3, -0.25) is 4.79 Å². The van der Waals surface area contributed by atoms with Gasteiger partial charge in [-0.2, -0.15) is 0 Å². The molecule has 0 radical (unpaired) electrons. The second-order valence-electron chi connectivity index (χ2n) is 6.37. The summed E-state index contributed by atoms with van der Waals surface area (Å²) < 4.78 is 16.8. The molecule has 1 heterocycles. The molecule has 1 saturated heterocycles. The molecule has 0 N–H and O–H groups in total. The molecular formula is C15H27BO4. The van der Waals surface area contributed by atoms with E-state index in [4.69, 9.17) is 14.0 Å². The predicted molar refractivity (Wildman–Crippen MR) is 80.3 cm³/mol. The number of hydrogen-bond acceptors (Lipinski definition) is 4. The van der Waals surface area contributed by atoms with Crippen molar-refractivity contribution in [3.63, 3.8) is 0 Å². The monoisotopic (exact) mass is 282 g/mol. The van der Waals surface area contributed by atoms with Crippen molar-refractivity contribution in [3.05, 3.63) is 11.5 Å². The van der Waals surface area contributed by atoms with Gasteiger partial charge in [0.05, 0.1) is 17.8 Å². The zero-order valence-electron chi connectivity index (χ0n) is 13.6. The van der Waals surface area contributed by atoms with E-state index in [0.29, 0.717) is 6.61 Å². The van der Waals surface area contributed by atoms with E-state index in [9.17, 15) is 4.79 Å². The van der Waals surface area contributed by atoms with Gasteiger partial charge in [0.2, 0.25) is 0 Å². The molecule has 114 valence electrons. The number of esters is 1. The summed E-state index contributed by atoms with van der Waals surface area (Å²) in [5.74, 6) is -0.214. The second-order valence-corrected chi connectivity index (χ2v) is 6.37. The van der Waals surface area contributed by atoms with Gasteiger partial charge in [0.1, 0.15) is 0 Å². The average Bonchev–Trinajstić information content (AvgIpc) is 2.52. The Bertz CT molecular complexity index is 358. The first kappa shape index (κ1) is 17.2. The van der Waals surface area contributed by atoms with Crippen LogP contribution in [0.1, 0.15) is 60.8 Å². The SMILES string of the molecule is CC(=O)OCCCCC=C(C)B1OC(C)(C)C(C)(C)O1. The van der Waals surface area contributed by atoms with Crippen molar-refractivity contribution >= 4 is 13.1 Å². The number of carbonyl (C=O) groups is 1. The van der Waals surface area contributed by atoms with E-state index in [1.54, 1.807) is 0 Å². The van der Waals surface area contributed by atoms with Crippen LogP contribution >= 0.6 is 0 Å². The topological polar surface area (TPSA) is 44.8 Å². The van der Waals surface area contributed by atoms with Crippen molar-refractivity contribution in [1.82, 2.24) is 0 Å². The molecule has 1 fully saturated rings. The molecule has 4 nitrogen and oxygen atoms in total. The highest BCUT2D eigenvalue weighted by Gasteiger charge is 2.51. The zero-order chi connectivity index (χ0) is 15.4. The lowest BCUT2D eigenvalue weighted by Gasteiger charge is -2.32. The summed E-state index contributed by atoms with van der Waals surface area (Å²) in [6.45, 7) is 12.2. The Balaban J connectivity index is 2.34. The van der Waals surface area contributed by atoms with Gasteiger partial charge in [-0.25, -0.2) is 0 Å². The second kappa shape index (κ2) is 6.77. The molecule has 0 bridgehead atoms. The zero-order valence-corrected chi connectivity index (χ0v) is 13.6. The minimum Gasteiger partial charge on any atom is -0.466 e. The molecule has 20 heavy (non-hydrogen) atoms. The molecule has 1 rings (SSSR count). The van der Waals surface area contributed by atoms with Crippen LogP contribution in [0.2, 0.25) is 0 Å². The number of ether oxygens (including phenoxy) is 1. The number of allylic oxidation sites excluding steroid dienone is 2. The molecule has 1 aliphatic heterocycles. The van der Waals surface area contributed by atoms with Gasteiger partial charge < -0.3 is 14.0 Å². The summed E-state index contributed by atoms with van der Waals surface area (Å²) in [6.07, 6.45) is 4.96. The van der Waals surface area contributed by atoms with Gasteiger partial charge in [0.15, 0.2) is 0 Å². The highest BCUT2D eigenvalue weighted by Crippen LogP contribution is 2.38. The number of carbonyl (C=O) groups excluding carboxylic acids is 1. The Morgan fingerprint density at radius 3 is 2.15 bits per heavy atom. The number of rotatable bonds is 6. The van der Waals surface area contributed by atoms with Crippen molar-refractivity contribution in [2.75, 3.05) is 6.61 Å². The van der Waals surface area contributed by atoms with Crippen LogP contribution in [0.25, 0.3) is 0 Å². The fraction of sp³-hybridized carbons (Fsp3) is 0.800. The number of hydrogen-bond donors (Lipinski definition) is 0. The van der Waals surface area contributed by atoms with Crippen LogP contribution in [0.5, 0.6) is 0 Å². The van der Waals surface area contributed by atoms with E-state index in [1.165, 1.54) is 6.92 Å². The Hall–Kier alpha value is -0.805. The predicted octanol–water partition coefficient (Wildman–Crippen LogP) is 3.30. The van der Waals surface area contributed by atoms with E-state index in [-0.39, 0.29) is 24.3 Å². The quantitative estimate of drug-likeness (QED) is 0.426. The maximum atomic E-state index is 10.6. The minimum absolute atomic E-state index is 0.214. The molecule has 0 saturated carbocycles. The molecular weight excluding hydrogens is 255 g/mol. The Morgan fingerprint density at radius 1 is 1.10 bits per heavy atom. The largest absolute Gasteiger partial charge is 0.489 e. The van der Waals surface area contributed by atoms with Crippen LogP contribution < -0.4 is 0 Å². The normalized spacial score (nSPS) is 21.1. The highest BCUT2D eigenvalue weighted by molar-refractivity contribution is 6.54. The third-order valence-electron chi connectivity index (χ3n) is 4.00. The fourth-order valence-electron chi connectivity index (χ4n) is 1.92. The Kier molecular flexibility index (Phi) is 5.84. The molecule has 5 heteroatoms. The van der Waals surface area contributed by atoms with Gasteiger partial charge in [-0.05, 0) is 59.4 Å². The van der Waals surface area contributed by atoms with E-state index in [0.717, 1.165) is 24.7 Å². The maximum Gasteiger partial charge on any atom is 0.489 e. The lowest BCUT2D eigenvalue weighted by atomic mass is 9.79. The van der Waals surface area contributed by atoms with Crippen LogP contribution in [0.15, 0.2) is 11.5 Å². The van der Waals surface area contributed by atoms with Crippen LogP contribution in [0.3, 0.4) is 0 Å². The third-order valence-corrected chi connectivity index (χ3v) is 4.00. The highest BCUT2D eigenvalue weighted by atomic mass is 16.7. The van der Waals surface area contributed by atoms with Crippen LogP contribution in [-0.2, 0) is 18.8 Å². The first-order valence-electron chi connectivity index (χ1n) is 7.31. The lowest BCUT2D eigenvalue weighted by Crippen LogP contribution is -2.41. The summed E-state index contributed by atoms with van der Waals surface area (Å²) in [7, 11) is -0.256. The molecule has 0 spiro atoms. The van der Waals surface area contributed by atoms with Gasteiger partial charge in [0, 0.05) is 6.92 Å². The van der Waals surface area contributed by atoms with Crippen molar-refractivity contribution in [1.29, 1.82) is 0 Å². The molecule has 0 aromatic heterocycles. The van der Waals surface area contributed by atoms with Crippen LogP contribution in [0.4, 0.5) is 0 Å². The Morgan fingerprint density at radius 2 is 1.65 bits per heavy atom. The van der Waals surface area contributed by atoms with Crippen molar-refractivity contribution < 1.29 is 18.8 Å². The van der Waals surface area contributed by atoms with Gasteiger partial charge in [-0.1, -0.05) is 6.08 Å². The molecule has 0 aromatic rings. The summed E-state index contributed by atoms with van der Waals surface area (Å²) in [5.41, 5.74) is 0.528. The number of unbranched alkanes of at least 4 members (excludes halogenated alkanes) is 2. The summed E-state index contributed by atoms with van der Waals surface area (Å²) >= 11 is 0. The van der Waals surface area contributed by atoms with E-state index in [1.807, 2.05) is 6.92 Å². The van der Waals surface area contributed by atoms with E-state index >= 15 is 0 Å². The molecule has 0 aliphatic carbocycles. The molecule has 0 atom stereocenters. The maximum absolute atomic E-state index is 10.6. The van der Waals surface area contributed by atoms with Crippen LogP contribution in [-0.4, -0.2) is 30.9 Å². The van der Waals surface area contributed by atoms with Gasteiger partial charge in [0.25, 0.3) is 0 Å². The van der Waals surface area contributed by atoms with Gasteiger partial charge in [-0.15, -0.1) is 0 Å². The standard InChI is InChI=1S/C15H27BO4/c1-12(10-8-7-9-11-18-13(2)17)16-19-14(3,4)15(5,6)20-16/h10H,7-9,11H2,1-6H3. The van der Waals surface area contributed by atoms with Crippen molar-refractivity contribution in [2.45, 2.75) is 72.0 Å².